The lowest BCUT2D eigenvalue weighted by molar-refractivity contribution is -0.124. The van der Waals surface area contributed by atoms with Gasteiger partial charge in [-0.1, -0.05) is 122 Å². The number of rotatable bonds is 29. The number of hydrogen-bond acceptors (Lipinski definition) is 7. The van der Waals surface area contributed by atoms with Gasteiger partial charge in [-0.05, 0) is 19.3 Å². The zero-order valence-electron chi connectivity index (χ0n) is 25.4. The first kappa shape index (κ1) is 39.2. The lowest BCUT2D eigenvalue weighted by atomic mass is 10.0. The molecule has 4 unspecified atom stereocenters. The molecule has 0 aliphatic carbocycles. The van der Waals surface area contributed by atoms with Crippen LogP contribution in [0.4, 0.5) is 0 Å². The van der Waals surface area contributed by atoms with Crippen LogP contribution in [0.1, 0.15) is 136 Å². The predicted molar refractivity (Wildman–Crippen MR) is 163 cm³/mol. The van der Waals surface area contributed by atoms with E-state index in [2.05, 4.69) is 19.2 Å². The number of amides is 1. The second kappa shape index (κ2) is 27.1. The largest absolute Gasteiger partial charge is 0.472 e. The third-order valence-corrected chi connectivity index (χ3v) is 7.90. The van der Waals surface area contributed by atoms with Crippen molar-refractivity contribution >= 4 is 13.7 Å². The van der Waals surface area contributed by atoms with Gasteiger partial charge in [0.1, 0.15) is 0 Å². The lowest BCUT2D eigenvalue weighted by Gasteiger charge is -2.24. The number of hydrogen-bond donors (Lipinski definition) is 5. The standard InChI is InChI=1S/C30H61N2O7P/c1-3-5-7-9-11-12-13-14-16-17-19-21-27(33)25-30(35)32-28(26-39-40(36,37)38-24-23-31)29(34)22-20-18-15-10-8-6-4-2/h20,22,27-29,33-34H,3-19,21,23-26,31H2,1-2H3,(H,32,35)(H,36,37)/b22-20+. The molecule has 0 fully saturated rings. The van der Waals surface area contributed by atoms with E-state index >= 15 is 0 Å². The average Bonchev–Trinajstić information content (AvgIpc) is 2.92. The number of unbranched alkanes of at least 4 members (excludes halogenated alkanes) is 15. The van der Waals surface area contributed by atoms with E-state index in [0.717, 1.165) is 38.5 Å². The number of aliphatic hydroxyl groups is 2. The minimum atomic E-state index is -4.37. The molecule has 0 saturated carbocycles. The summed E-state index contributed by atoms with van der Waals surface area (Å²) in [4.78, 5) is 22.4. The lowest BCUT2D eigenvalue weighted by Crippen LogP contribution is -2.46. The maximum Gasteiger partial charge on any atom is 0.472 e. The van der Waals surface area contributed by atoms with E-state index in [-0.39, 0.29) is 19.6 Å². The van der Waals surface area contributed by atoms with E-state index in [1.165, 1.54) is 70.6 Å². The molecule has 0 saturated heterocycles. The molecule has 9 nitrogen and oxygen atoms in total. The van der Waals surface area contributed by atoms with E-state index in [1.807, 2.05) is 6.08 Å². The Morgan fingerprint density at radius 1 is 0.850 bits per heavy atom. The molecular formula is C30H61N2O7P. The Kier molecular flexibility index (Phi) is 26.5. The zero-order chi connectivity index (χ0) is 29.9. The number of allylic oxidation sites excluding steroid dienone is 1. The molecule has 0 radical (unpaired) electrons. The second-order valence-electron chi connectivity index (χ2n) is 10.9. The summed E-state index contributed by atoms with van der Waals surface area (Å²) in [6, 6.07) is -0.972. The number of phosphoric ester groups is 1. The molecular weight excluding hydrogens is 531 g/mol. The van der Waals surface area contributed by atoms with Crippen molar-refractivity contribution in [2.24, 2.45) is 5.73 Å². The third-order valence-electron chi connectivity index (χ3n) is 6.92. The molecule has 10 heteroatoms. The van der Waals surface area contributed by atoms with Gasteiger partial charge in [0.2, 0.25) is 5.91 Å². The van der Waals surface area contributed by atoms with Gasteiger partial charge in [0.05, 0.1) is 37.9 Å². The van der Waals surface area contributed by atoms with Gasteiger partial charge in [0, 0.05) is 6.54 Å². The highest BCUT2D eigenvalue weighted by atomic mass is 31.2. The summed E-state index contributed by atoms with van der Waals surface area (Å²) in [7, 11) is -4.37. The van der Waals surface area contributed by atoms with Gasteiger partial charge in [-0.3, -0.25) is 13.8 Å². The van der Waals surface area contributed by atoms with Crippen molar-refractivity contribution in [1.82, 2.24) is 5.32 Å². The Bertz CT molecular complexity index is 666. The van der Waals surface area contributed by atoms with Crippen molar-refractivity contribution in [3.8, 4) is 0 Å². The van der Waals surface area contributed by atoms with E-state index in [0.29, 0.717) is 6.42 Å². The molecule has 0 bridgehead atoms. The van der Waals surface area contributed by atoms with Crippen LogP contribution in [0.2, 0.25) is 0 Å². The molecule has 1 amide bonds. The first-order valence-corrected chi connectivity index (χ1v) is 17.4. The summed E-state index contributed by atoms with van der Waals surface area (Å²) in [5, 5.41) is 23.6. The number of phosphoric acid groups is 1. The predicted octanol–water partition coefficient (Wildman–Crippen LogP) is 6.29. The molecule has 4 atom stereocenters. The van der Waals surface area contributed by atoms with E-state index in [4.69, 9.17) is 14.8 Å². The molecule has 0 heterocycles. The molecule has 0 aliphatic heterocycles. The summed E-state index contributed by atoms with van der Waals surface area (Å²) in [6.45, 7) is 3.86. The van der Waals surface area contributed by atoms with Crippen molar-refractivity contribution in [2.45, 2.75) is 154 Å². The van der Waals surface area contributed by atoms with Crippen molar-refractivity contribution in [1.29, 1.82) is 0 Å². The monoisotopic (exact) mass is 592 g/mol. The fraction of sp³-hybridized carbons (Fsp3) is 0.900. The maximum absolute atomic E-state index is 12.6. The van der Waals surface area contributed by atoms with Crippen molar-refractivity contribution in [3.63, 3.8) is 0 Å². The van der Waals surface area contributed by atoms with Gasteiger partial charge in [0.25, 0.3) is 0 Å². The van der Waals surface area contributed by atoms with Crippen LogP contribution in [-0.2, 0) is 18.4 Å². The molecule has 0 rings (SSSR count). The summed E-state index contributed by atoms with van der Waals surface area (Å²) in [5.41, 5.74) is 5.31. The summed E-state index contributed by atoms with van der Waals surface area (Å²) in [6.07, 6.45) is 21.8. The van der Waals surface area contributed by atoms with Gasteiger partial charge in [-0.15, -0.1) is 0 Å². The topological polar surface area (TPSA) is 151 Å². The minimum absolute atomic E-state index is 0.0503. The van der Waals surface area contributed by atoms with Gasteiger partial charge in [-0.2, -0.15) is 0 Å². The molecule has 40 heavy (non-hydrogen) atoms. The average molecular weight is 593 g/mol. The Labute approximate surface area is 244 Å². The van der Waals surface area contributed by atoms with Crippen LogP contribution in [0, 0.1) is 0 Å². The first-order chi connectivity index (χ1) is 19.3. The molecule has 0 aliphatic rings. The highest BCUT2D eigenvalue weighted by Gasteiger charge is 2.27. The van der Waals surface area contributed by atoms with E-state index in [1.54, 1.807) is 6.08 Å². The number of nitrogens with one attached hydrogen (secondary N) is 1. The summed E-state index contributed by atoms with van der Waals surface area (Å²) < 4.78 is 21.8. The van der Waals surface area contributed by atoms with Crippen molar-refractivity contribution in [3.05, 3.63) is 12.2 Å². The first-order valence-electron chi connectivity index (χ1n) is 15.9. The summed E-state index contributed by atoms with van der Waals surface area (Å²) >= 11 is 0. The van der Waals surface area contributed by atoms with Crippen molar-refractivity contribution in [2.75, 3.05) is 19.8 Å². The number of nitrogens with two attached hydrogens (primary N) is 1. The van der Waals surface area contributed by atoms with Gasteiger partial charge >= 0.3 is 7.82 Å². The normalized spacial score (nSPS) is 15.7. The Morgan fingerprint density at radius 2 is 1.38 bits per heavy atom. The minimum Gasteiger partial charge on any atom is -0.393 e. The maximum atomic E-state index is 12.6. The molecule has 238 valence electrons. The number of aliphatic hydroxyl groups excluding tert-OH is 2. The highest BCUT2D eigenvalue weighted by Crippen LogP contribution is 2.43. The molecule has 0 aromatic heterocycles. The van der Waals surface area contributed by atoms with Crippen LogP contribution in [0.5, 0.6) is 0 Å². The van der Waals surface area contributed by atoms with E-state index in [9.17, 15) is 24.5 Å². The third kappa shape index (κ3) is 25.0. The highest BCUT2D eigenvalue weighted by molar-refractivity contribution is 7.47. The Morgan fingerprint density at radius 3 is 1.93 bits per heavy atom. The van der Waals surface area contributed by atoms with Gasteiger partial charge in [0.15, 0.2) is 0 Å². The summed E-state index contributed by atoms with van der Waals surface area (Å²) in [5.74, 6) is -0.452. The van der Waals surface area contributed by atoms with Crippen LogP contribution >= 0.6 is 7.82 Å². The smallest absolute Gasteiger partial charge is 0.393 e. The Balaban J connectivity index is 4.49. The van der Waals surface area contributed by atoms with Crippen LogP contribution < -0.4 is 11.1 Å². The fourth-order valence-electron chi connectivity index (χ4n) is 4.47. The second-order valence-corrected chi connectivity index (χ2v) is 12.3. The Hall–Kier alpha value is -0.800. The number of carbonyl (C=O) groups is 1. The van der Waals surface area contributed by atoms with Crippen LogP contribution in [0.3, 0.4) is 0 Å². The van der Waals surface area contributed by atoms with Crippen LogP contribution in [-0.4, -0.2) is 59.0 Å². The van der Waals surface area contributed by atoms with Crippen LogP contribution in [0.15, 0.2) is 12.2 Å². The quantitative estimate of drug-likeness (QED) is 0.0386. The fourth-order valence-corrected chi connectivity index (χ4v) is 5.23. The van der Waals surface area contributed by atoms with Crippen LogP contribution in [0.25, 0.3) is 0 Å². The van der Waals surface area contributed by atoms with E-state index < -0.39 is 38.6 Å². The van der Waals surface area contributed by atoms with Crippen molar-refractivity contribution < 1.29 is 33.5 Å². The molecule has 0 aromatic rings. The molecule has 0 aromatic carbocycles. The van der Waals surface area contributed by atoms with Gasteiger partial charge < -0.3 is 26.2 Å². The zero-order valence-corrected chi connectivity index (χ0v) is 26.3. The SMILES string of the molecule is CCCCCCC/C=C/C(O)C(COP(=O)(O)OCCN)NC(=O)CC(O)CCCCCCCCCCCCC. The number of carbonyl (C=O) groups excluding carboxylic acids is 1. The molecule has 0 spiro atoms. The van der Waals surface area contributed by atoms with Gasteiger partial charge in [-0.25, -0.2) is 4.57 Å². The molecule has 6 N–H and O–H groups in total.